The van der Waals surface area contributed by atoms with Gasteiger partial charge in [0.05, 0.1) is 24.6 Å². The molecule has 1 heterocycles. The van der Waals surface area contributed by atoms with Crippen molar-refractivity contribution in [3.05, 3.63) is 11.4 Å². The molecule has 3 rings (SSSR count). The minimum atomic E-state index is -0.330. The molecule has 2 aliphatic carbocycles. The van der Waals surface area contributed by atoms with Crippen molar-refractivity contribution in [1.82, 2.24) is 20.3 Å². The summed E-state index contributed by atoms with van der Waals surface area (Å²) in [7, 11) is 4.03. The number of ether oxygens (including phenoxy) is 2. The summed E-state index contributed by atoms with van der Waals surface area (Å²) in [4.78, 5) is 11.7. The smallest absolute Gasteiger partial charge is 0.407 e. The summed E-state index contributed by atoms with van der Waals surface area (Å²) in [6, 6.07) is 0. The Hall–Kier alpha value is -1.57. The van der Waals surface area contributed by atoms with Gasteiger partial charge >= 0.3 is 6.09 Å². The summed E-state index contributed by atoms with van der Waals surface area (Å²) in [5.74, 6) is 1.85. The van der Waals surface area contributed by atoms with E-state index in [1.54, 1.807) is 0 Å². The summed E-state index contributed by atoms with van der Waals surface area (Å²) < 4.78 is 12.6. The Kier molecular flexibility index (Phi) is 5.76. The summed E-state index contributed by atoms with van der Waals surface area (Å²) in [6.45, 7) is 2.30. The monoisotopic (exact) mass is 334 g/mol. The van der Waals surface area contributed by atoms with E-state index in [0.29, 0.717) is 37.5 Å². The molecule has 0 aliphatic heterocycles. The van der Waals surface area contributed by atoms with E-state index in [0.717, 1.165) is 44.3 Å². The van der Waals surface area contributed by atoms with Crippen molar-refractivity contribution in [2.45, 2.75) is 32.0 Å². The molecule has 1 fully saturated rings. The number of carbonyl (C=O) groups is 1. The van der Waals surface area contributed by atoms with E-state index in [1.165, 1.54) is 5.69 Å². The predicted octanol–water partition coefficient (Wildman–Crippen LogP) is 0.350. The summed E-state index contributed by atoms with van der Waals surface area (Å²) in [5, 5.41) is 11.1. The van der Waals surface area contributed by atoms with Crippen molar-refractivity contribution < 1.29 is 14.3 Å². The zero-order valence-electron chi connectivity index (χ0n) is 14.7. The number of aromatic nitrogens is 3. The van der Waals surface area contributed by atoms with Crippen LogP contribution in [0, 0.1) is 17.8 Å². The minimum Gasteiger partial charge on any atom is -0.449 e. The molecule has 24 heavy (non-hydrogen) atoms. The molecule has 8 heteroatoms. The van der Waals surface area contributed by atoms with Crippen LogP contribution in [0.1, 0.15) is 24.2 Å². The second-order valence-corrected chi connectivity index (χ2v) is 6.81. The van der Waals surface area contributed by atoms with E-state index in [2.05, 4.69) is 23.5 Å². The molecule has 3 unspecified atom stereocenters. The Morgan fingerprint density at radius 2 is 2.12 bits per heavy atom. The Morgan fingerprint density at radius 1 is 1.33 bits per heavy atom. The van der Waals surface area contributed by atoms with Crippen molar-refractivity contribution in [2.24, 2.45) is 24.8 Å². The summed E-state index contributed by atoms with van der Waals surface area (Å²) >= 11 is 0. The predicted molar refractivity (Wildman–Crippen MR) is 91.6 cm³/mol. The third-order valence-electron chi connectivity index (χ3n) is 5.23. The summed E-state index contributed by atoms with van der Waals surface area (Å²) in [6.07, 6.45) is 4.93. The lowest BCUT2D eigenvalue weighted by atomic mass is 10.0. The van der Waals surface area contributed by atoms with E-state index in [-0.39, 0.29) is 6.09 Å². The third-order valence-corrected chi connectivity index (χ3v) is 5.23. The minimum absolute atomic E-state index is 0.330. The van der Waals surface area contributed by atoms with Crippen molar-refractivity contribution in [2.75, 3.05) is 26.4 Å². The highest BCUT2D eigenvalue weighted by Crippen LogP contribution is 2.52. The number of fused-ring (bicyclic) bond motifs is 2. The van der Waals surface area contributed by atoms with Gasteiger partial charge in [0.15, 0.2) is 0 Å². The van der Waals surface area contributed by atoms with Crippen LogP contribution in [0.5, 0.6) is 0 Å². The maximum atomic E-state index is 11.7. The van der Waals surface area contributed by atoms with Crippen molar-refractivity contribution >= 4 is 13.9 Å². The molecule has 7 nitrogen and oxygen atoms in total. The van der Waals surface area contributed by atoms with Gasteiger partial charge in [0.2, 0.25) is 0 Å². The normalized spacial score (nSPS) is 25.1. The Labute approximate surface area is 143 Å². The molecule has 0 spiro atoms. The van der Waals surface area contributed by atoms with Gasteiger partial charge in [0, 0.05) is 20.2 Å². The van der Waals surface area contributed by atoms with E-state index < -0.39 is 0 Å². The quantitative estimate of drug-likeness (QED) is 0.575. The largest absolute Gasteiger partial charge is 0.449 e. The van der Waals surface area contributed by atoms with Crippen LogP contribution in [0.15, 0.2) is 0 Å². The highest BCUT2D eigenvalue weighted by atomic mass is 16.5. The van der Waals surface area contributed by atoms with E-state index in [4.69, 9.17) is 9.47 Å². The van der Waals surface area contributed by atoms with Crippen LogP contribution >= 0.6 is 0 Å². The lowest BCUT2D eigenvalue weighted by molar-refractivity contribution is 0.123. The van der Waals surface area contributed by atoms with Gasteiger partial charge in [-0.2, -0.15) is 0 Å². The number of hydrogen-bond acceptors (Lipinski definition) is 5. The molecule has 2 aliphatic rings. The average molecular weight is 334 g/mol. The fourth-order valence-electron chi connectivity index (χ4n) is 3.85. The molecule has 1 amide bonds. The molecule has 3 atom stereocenters. The first-order valence-electron chi connectivity index (χ1n) is 9.06. The molecule has 0 saturated heterocycles. The highest BCUT2D eigenvalue weighted by molar-refractivity contribution is 6.08. The Bertz CT molecular complexity index is 566. The van der Waals surface area contributed by atoms with Gasteiger partial charge in [-0.3, -0.25) is 4.68 Å². The van der Waals surface area contributed by atoms with Gasteiger partial charge < -0.3 is 14.8 Å². The fraction of sp³-hybridized carbons (Fsp3) is 0.812. The molecule has 1 saturated carbocycles. The van der Waals surface area contributed by atoms with Gasteiger partial charge in [-0.25, -0.2) is 4.79 Å². The van der Waals surface area contributed by atoms with Gasteiger partial charge in [0.25, 0.3) is 0 Å². The SMILES string of the molecule is BCCOCCNC(=O)OCC1C2CCc3nnn(C)c3CCC21. The van der Waals surface area contributed by atoms with Crippen LogP contribution in [0.4, 0.5) is 4.79 Å². The van der Waals surface area contributed by atoms with Gasteiger partial charge in [-0.05, 0) is 43.4 Å². The first-order chi connectivity index (χ1) is 11.7. The second kappa shape index (κ2) is 8.01. The molecule has 0 aromatic carbocycles. The molecule has 1 N–H and O–H groups in total. The zero-order chi connectivity index (χ0) is 16.9. The number of aryl methyl sites for hydroxylation is 2. The van der Waals surface area contributed by atoms with Crippen molar-refractivity contribution in [3.8, 4) is 0 Å². The lowest BCUT2D eigenvalue weighted by Crippen LogP contribution is -2.28. The topological polar surface area (TPSA) is 78.3 Å². The Morgan fingerprint density at radius 3 is 2.92 bits per heavy atom. The molecule has 0 radical (unpaired) electrons. The van der Waals surface area contributed by atoms with E-state index >= 15 is 0 Å². The average Bonchev–Trinajstić information content (AvgIpc) is 3.09. The second-order valence-electron chi connectivity index (χ2n) is 6.81. The number of nitrogens with one attached hydrogen (secondary N) is 1. The maximum absolute atomic E-state index is 11.7. The van der Waals surface area contributed by atoms with E-state index in [1.807, 2.05) is 11.7 Å². The van der Waals surface area contributed by atoms with Crippen LogP contribution in [0.3, 0.4) is 0 Å². The number of hydrogen-bond donors (Lipinski definition) is 1. The number of nitrogens with zero attached hydrogens (tertiary/aromatic N) is 3. The third kappa shape index (κ3) is 4.09. The fourth-order valence-corrected chi connectivity index (χ4v) is 3.85. The highest BCUT2D eigenvalue weighted by Gasteiger charge is 2.50. The van der Waals surface area contributed by atoms with Gasteiger partial charge in [0.1, 0.15) is 7.85 Å². The number of rotatable bonds is 7. The Balaban J connectivity index is 1.36. The van der Waals surface area contributed by atoms with Crippen LogP contribution in [-0.2, 0) is 29.4 Å². The van der Waals surface area contributed by atoms with Crippen LogP contribution in [0.25, 0.3) is 0 Å². The van der Waals surface area contributed by atoms with Crippen LogP contribution < -0.4 is 5.32 Å². The van der Waals surface area contributed by atoms with Crippen LogP contribution in [0.2, 0.25) is 6.32 Å². The maximum Gasteiger partial charge on any atom is 0.407 e. The van der Waals surface area contributed by atoms with E-state index in [9.17, 15) is 4.79 Å². The summed E-state index contributed by atoms with van der Waals surface area (Å²) in [5.41, 5.74) is 2.41. The first-order valence-corrected chi connectivity index (χ1v) is 9.06. The number of carbonyl (C=O) groups excluding carboxylic acids is 1. The van der Waals surface area contributed by atoms with Crippen LogP contribution in [-0.4, -0.2) is 55.3 Å². The standard InChI is InChI=1S/C16H27BN4O3/c1-21-15-5-3-12-11(2-4-14(15)19-20-21)13(12)10-24-16(22)18-7-9-23-8-6-17/h11-13H,2-10,17H2,1H3,(H,18,22). The number of alkyl carbamates (subject to hydrolysis) is 1. The molecular formula is C16H27BN4O3. The molecule has 132 valence electrons. The van der Waals surface area contributed by atoms with Gasteiger partial charge in [-0.1, -0.05) is 11.5 Å². The van der Waals surface area contributed by atoms with Crippen molar-refractivity contribution in [1.29, 1.82) is 0 Å². The zero-order valence-corrected chi connectivity index (χ0v) is 14.7. The van der Waals surface area contributed by atoms with Gasteiger partial charge in [-0.15, -0.1) is 5.10 Å². The molecule has 1 aromatic heterocycles. The first kappa shape index (κ1) is 17.3. The molecular weight excluding hydrogens is 307 g/mol. The lowest BCUT2D eigenvalue weighted by Gasteiger charge is -2.07. The molecule has 0 bridgehead atoms. The molecule has 1 aromatic rings. The number of amides is 1. The van der Waals surface area contributed by atoms with Crippen molar-refractivity contribution in [3.63, 3.8) is 0 Å².